The van der Waals surface area contributed by atoms with Crippen molar-refractivity contribution in [2.45, 2.75) is 70.9 Å². The zero-order valence-electron chi connectivity index (χ0n) is 13.1. The Bertz CT molecular complexity index is 290. The quantitative estimate of drug-likeness (QED) is 0.833. The van der Waals surface area contributed by atoms with Crippen LogP contribution in [0.2, 0.25) is 0 Å². The molecule has 2 fully saturated rings. The van der Waals surface area contributed by atoms with Gasteiger partial charge in [-0.25, -0.2) is 0 Å². The van der Waals surface area contributed by atoms with Crippen molar-refractivity contribution in [2.75, 3.05) is 26.2 Å². The third kappa shape index (κ3) is 2.84. The van der Waals surface area contributed by atoms with Crippen molar-refractivity contribution in [1.82, 2.24) is 4.90 Å². The van der Waals surface area contributed by atoms with Crippen LogP contribution in [-0.2, 0) is 4.74 Å². The van der Waals surface area contributed by atoms with Crippen molar-refractivity contribution in [3.05, 3.63) is 0 Å². The molecule has 2 aliphatic heterocycles. The van der Waals surface area contributed by atoms with Crippen molar-refractivity contribution >= 4 is 0 Å². The van der Waals surface area contributed by atoms with Crippen molar-refractivity contribution in [3.8, 4) is 0 Å². The standard InChI is InChI=1S/C16H32N2O/c1-4-14-11-16(12-17,8-10-19-14)18-9-7-15(5-2,6-3)13-18/h14H,4-13,17H2,1-3H3. The highest BCUT2D eigenvalue weighted by Gasteiger charge is 2.46. The van der Waals surface area contributed by atoms with Crippen molar-refractivity contribution in [3.63, 3.8) is 0 Å². The Labute approximate surface area is 118 Å². The third-order valence-corrected chi connectivity index (χ3v) is 5.97. The minimum absolute atomic E-state index is 0.213. The molecule has 3 heteroatoms. The molecule has 2 heterocycles. The second-order valence-corrected chi connectivity index (χ2v) is 6.66. The summed E-state index contributed by atoms with van der Waals surface area (Å²) in [4.78, 5) is 2.71. The fourth-order valence-corrected chi connectivity index (χ4v) is 4.03. The molecule has 0 aromatic heterocycles. The Morgan fingerprint density at radius 3 is 2.47 bits per heavy atom. The predicted octanol–water partition coefficient (Wildman–Crippen LogP) is 2.79. The lowest BCUT2D eigenvalue weighted by Gasteiger charge is -2.47. The van der Waals surface area contributed by atoms with E-state index in [9.17, 15) is 0 Å². The molecule has 3 nitrogen and oxygen atoms in total. The van der Waals surface area contributed by atoms with E-state index in [-0.39, 0.29) is 5.54 Å². The maximum absolute atomic E-state index is 6.21. The van der Waals surface area contributed by atoms with Crippen LogP contribution in [0.3, 0.4) is 0 Å². The summed E-state index contributed by atoms with van der Waals surface area (Å²) in [6.45, 7) is 11.1. The van der Waals surface area contributed by atoms with Gasteiger partial charge in [0.1, 0.15) is 0 Å². The molecule has 2 unspecified atom stereocenters. The van der Waals surface area contributed by atoms with Crippen LogP contribution in [0.4, 0.5) is 0 Å². The highest BCUT2D eigenvalue weighted by atomic mass is 16.5. The van der Waals surface area contributed by atoms with Crippen molar-refractivity contribution in [1.29, 1.82) is 0 Å². The molecule has 0 radical (unpaired) electrons. The van der Waals surface area contributed by atoms with Gasteiger partial charge in [-0.15, -0.1) is 0 Å². The zero-order valence-corrected chi connectivity index (χ0v) is 13.1. The molecule has 2 saturated heterocycles. The fourth-order valence-electron chi connectivity index (χ4n) is 4.03. The molecule has 0 spiro atoms. The number of hydrogen-bond donors (Lipinski definition) is 1. The Hall–Kier alpha value is -0.120. The van der Waals surface area contributed by atoms with Gasteiger partial charge in [0.05, 0.1) is 6.10 Å². The van der Waals surface area contributed by atoms with E-state index < -0.39 is 0 Å². The highest BCUT2D eigenvalue weighted by molar-refractivity contribution is 5.01. The van der Waals surface area contributed by atoms with Crippen LogP contribution in [0.15, 0.2) is 0 Å². The first-order chi connectivity index (χ1) is 9.13. The van der Waals surface area contributed by atoms with Crippen LogP contribution in [0.25, 0.3) is 0 Å². The number of nitrogens with two attached hydrogens (primary N) is 1. The smallest absolute Gasteiger partial charge is 0.0590 e. The molecule has 19 heavy (non-hydrogen) atoms. The van der Waals surface area contributed by atoms with Gasteiger partial charge >= 0.3 is 0 Å². The zero-order chi connectivity index (χ0) is 13.9. The van der Waals surface area contributed by atoms with Gasteiger partial charge in [0.25, 0.3) is 0 Å². The predicted molar refractivity (Wildman–Crippen MR) is 80.3 cm³/mol. The van der Waals surface area contributed by atoms with Gasteiger partial charge in [0.15, 0.2) is 0 Å². The largest absolute Gasteiger partial charge is 0.378 e. The number of nitrogens with zero attached hydrogens (tertiary/aromatic N) is 1. The third-order valence-electron chi connectivity index (χ3n) is 5.97. The lowest BCUT2D eigenvalue weighted by atomic mass is 9.80. The summed E-state index contributed by atoms with van der Waals surface area (Å²) in [7, 11) is 0. The topological polar surface area (TPSA) is 38.5 Å². The average Bonchev–Trinajstić information content (AvgIpc) is 2.93. The highest BCUT2D eigenvalue weighted by Crippen LogP contribution is 2.43. The summed E-state index contributed by atoms with van der Waals surface area (Å²) in [6, 6.07) is 0. The molecule has 0 bridgehead atoms. The Morgan fingerprint density at radius 1 is 1.21 bits per heavy atom. The Balaban J connectivity index is 2.10. The molecule has 2 rings (SSSR count). The maximum atomic E-state index is 6.21. The van der Waals surface area contributed by atoms with Gasteiger partial charge in [-0.2, -0.15) is 0 Å². The van der Waals surface area contributed by atoms with Crippen LogP contribution in [0.1, 0.15) is 59.3 Å². The first-order valence-electron chi connectivity index (χ1n) is 8.20. The molecule has 0 aromatic rings. The normalized spacial score (nSPS) is 35.7. The number of hydrogen-bond acceptors (Lipinski definition) is 3. The maximum Gasteiger partial charge on any atom is 0.0590 e. The van der Waals surface area contributed by atoms with Crippen LogP contribution >= 0.6 is 0 Å². The Morgan fingerprint density at radius 2 is 1.95 bits per heavy atom. The number of likely N-dealkylation sites (tertiary alicyclic amines) is 1. The first kappa shape index (κ1) is 15.3. The van der Waals surface area contributed by atoms with E-state index in [4.69, 9.17) is 10.5 Å². The van der Waals surface area contributed by atoms with E-state index in [2.05, 4.69) is 25.7 Å². The number of ether oxygens (including phenoxy) is 1. The molecule has 0 aliphatic carbocycles. The molecule has 0 saturated carbocycles. The minimum atomic E-state index is 0.213. The van der Waals surface area contributed by atoms with E-state index in [0.29, 0.717) is 11.5 Å². The van der Waals surface area contributed by atoms with E-state index >= 15 is 0 Å². The molecular formula is C16H32N2O. The van der Waals surface area contributed by atoms with Gasteiger partial charge in [0, 0.05) is 25.2 Å². The van der Waals surface area contributed by atoms with Gasteiger partial charge < -0.3 is 10.5 Å². The van der Waals surface area contributed by atoms with E-state index in [1.165, 1.54) is 32.4 Å². The monoisotopic (exact) mass is 268 g/mol. The lowest BCUT2D eigenvalue weighted by Crippen LogP contribution is -2.58. The molecule has 2 N–H and O–H groups in total. The van der Waals surface area contributed by atoms with Gasteiger partial charge in [-0.3, -0.25) is 4.90 Å². The lowest BCUT2D eigenvalue weighted by molar-refractivity contribution is -0.0685. The van der Waals surface area contributed by atoms with E-state index in [1.54, 1.807) is 0 Å². The van der Waals surface area contributed by atoms with Crippen molar-refractivity contribution < 1.29 is 4.74 Å². The van der Waals surface area contributed by atoms with E-state index in [1.807, 2.05) is 0 Å². The van der Waals surface area contributed by atoms with Crippen LogP contribution < -0.4 is 5.73 Å². The van der Waals surface area contributed by atoms with Crippen molar-refractivity contribution in [2.24, 2.45) is 11.1 Å². The second kappa shape index (κ2) is 6.11. The van der Waals surface area contributed by atoms with Gasteiger partial charge in [0.2, 0.25) is 0 Å². The summed E-state index contributed by atoms with van der Waals surface area (Å²) in [5.74, 6) is 0. The molecule has 2 atom stereocenters. The minimum Gasteiger partial charge on any atom is -0.378 e. The first-order valence-corrected chi connectivity index (χ1v) is 8.20. The molecular weight excluding hydrogens is 236 g/mol. The van der Waals surface area contributed by atoms with Crippen LogP contribution in [0.5, 0.6) is 0 Å². The number of rotatable bonds is 5. The summed E-state index contributed by atoms with van der Waals surface area (Å²) in [6.07, 6.45) is 7.72. The summed E-state index contributed by atoms with van der Waals surface area (Å²) < 4.78 is 5.87. The Kier molecular flexibility index (Phi) is 4.91. The fraction of sp³-hybridized carbons (Fsp3) is 1.00. The van der Waals surface area contributed by atoms with Gasteiger partial charge in [-0.05, 0) is 50.5 Å². The van der Waals surface area contributed by atoms with E-state index in [0.717, 1.165) is 32.4 Å². The molecule has 0 amide bonds. The SMILES string of the molecule is CCC1CC(CN)(N2CCC(CC)(CC)C2)CCO1. The molecule has 2 aliphatic rings. The summed E-state index contributed by atoms with van der Waals surface area (Å²) in [5, 5.41) is 0. The van der Waals surface area contributed by atoms with Gasteiger partial charge in [-0.1, -0.05) is 20.8 Å². The summed E-state index contributed by atoms with van der Waals surface area (Å²) in [5.41, 5.74) is 6.97. The molecule has 112 valence electrons. The average molecular weight is 268 g/mol. The van der Waals surface area contributed by atoms with Crippen LogP contribution in [0, 0.1) is 5.41 Å². The summed E-state index contributed by atoms with van der Waals surface area (Å²) >= 11 is 0. The second-order valence-electron chi connectivity index (χ2n) is 6.66. The van der Waals surface area contributed by atoms with Crippen LogP contribution in [-0.4, -0.2) is 42.8 Å². The molecule has 0 aromatic carbocycles.